The zero-order valence-electron chi connectivity index (χ0n) is 16.6. The first-order chi connectivity index (χ1) is 14.0. The molecule has 1 N–H and O–H groups in total. The molecule has 3 rings (SSSR count). The number of rotatable bonds is 7. The van der Waals surface area contributed by atoms with Crippen molar-refractivity contribution in [1.82, 2.24) is 4.90 Å². The Morgan fingerprint density at radius 3 is 2.66 bits per heavy atom. The summed E-state index contributed by atoms with van der Waals surface area (Å²) in [5.41, 5.74) is 0.0571. The molecule has 0 saturated carbocycles. The van der Waals surface area contributed by atoms with Crippen molar-refractivity contribution in [1.29, 1.82) is 0 Å². The number of benzene rings is 1. The fourth-order valence-electron chi connectivity index (χ4n) is 3.40. The van der Waals surface area contributed by atoms with Crippen LogP contribution in [0.1, 0.15) is 29.4 Å². The van der Waals surface area contributed by atoms with Crippen molar-refractivity contribution in [3.05, 3.63) is 57.6 Å². The smallest absolute Gasteiger partial charge is 0.306 e. The van der Waals surface area contributed by atoms with Gasteiger partial charge in [0, 0.05) is 24.7 Å². The summed E-state index contributed by atoms with van der Waals surface area (Å²) in [6, 6.07) is 8.37. The van der Waals surface area contributed by atoms with E-state index in [9.17, 15) is 14.7 Å². The van der Waals surface area contributed by atoms with Crippen molar-refractivity contribution in [2.45, 2.75) is 18.9 Å². The van der Waals surface area contributed by atoms with E-state index in [4.69, 9.17) is 18.6 Å². The Balaban J connectivity index is 2.03. The fraction of sp³-hybridized carbons (Fsp3) is 0.429. The average Bonchev–Trinajstić information content (AvgIpc) is 2.75. The Bertz CT molecular complexity index is 902. The number of nitrogens with zero attached hydrogens (tertiary/aromatic N) is 1. The summed E-state index contributed by atoms with van der Waals surface area (Å²) in [5.74, 6) is -0.805. The molecule has 0 aliphatic carbocycles. The van der Waals surface area contributed by atoms with E-state index in [1.54, 1.807) is 24.3 Å². The Morgan fingerprint density at radius 2 is 1.97 bits per heavy atom. The molecule has 29 heavy (non-hydrogen) atoms. The molecule has 1 aromatic heterocycles. The van der Waals surface area contributed by atoms with Gasteiger partial charge in [-0.1, -0.05) is 18.2 Å². The summed E-state index contributed by atoms with van der Waals surface area (Å²) in [6.45, 7) is 3.07. The summed E-state index contributed by atoms with van der Waals surface area (Å²) in [6.07, 6.45) is -0.117. The second-order valence-electron chi connectivity index (χ2n) is 6.75. The van der Waals surface area contributed by atoms with E-state index < -0.39 is 23.1 Å². The first-order valence-corrected chi connectivity index (χ1v) is 9.39. The molecule has 1 saturated heterocycles. The van der Waals surface area contributed by atoms with Gasteiger partial charge < -0.3 is 23.7 Å². The number of carbonyl (C=O) groups is 1. The first kappa shape index (κ1) is 20.9. The number of carbonyl (C=O) groups excluding carboxylic acids is 1. The van der Waals surface area contributed by atoms with Gasteiger partial charge in [0.05, 0.1) is 46.3 Å². The van der Waals surface area contributed by atoms with Crippen LogP contribution in [-0.2, 0) is 20.8 Å². The average molecular weight is 403 g/mol. The highest BCUT2D eigenvalue weighted by Gasteiger charge is 2.29. The van der Waals surface area contributed by atoms with Crippen LogP contribution < -0.4 is 10.2 Å². The molecule has 1 fully saturated rings. The van der Waals surface area contributed by atoms with Gasteiger partial charge in [0.2, 0.25) is 11.2 Å². The molecule has 2 heterocycles. The summed E-state index contributed by atoms with van der Waals surface area (Å²) in [7, 11) is 2.80. The minimum atomic E-state index is -0.740. The number of ether oxygens (including phenoxy) is 3. The molecule has 8 nitrogen and oxygen atoms in total. The fourth-order valence-corrected chi connectivity index (χ4v) is 3.40. The van der Waals surface area contributed by atoms with E-state index >= 15 is 0 Å². The van der Waals surface area contributed by atoms with Crippen molar-refractivity contribution >= 4 is 5.97 Å². The summed E-state index contributed by atoms with van der Waals surface area (Å²) >= 11 is 0. The summed E-state index contributed by atoms with van der Waals surface area (Å²) in [4.78, 5) is 26.6. The van der Waals surface area contributed by atoms with Crippen LogP contribution in [0.2, 0.25) is 0 Å². The van der Waals surface area contributed by atoms with Gasteiger partial charge in [-0.2, -0.15) is 0 Å². The minimum absolute atomic E-state index is 0.0238. The van der Waals surface area contributed by atoms with Gasteiger partial charge in [-0.3, -0.25) is 14.5 Å². The van der Waals surface area contributed by atoms with Crippen molar-refractivity contribution in [3.8, 4) is 11.5 Å². The Morgan fingerprint density at radius 1 is 1.24 bits per heavy atom. The highest BCUT2D eigenvalue weighted by atomic mass is 16.5. The number of para-hydroxylation sites is 1. The van der Waals surface area contributed by atoms with Crippen LogP contribution in [-0.4, -0.2) is 56.5 Å². The van der Waals surface area contributed by atoms with Crippen LogP contribution in [0.25, 0.3) is 0 Å². The van der Waals surface area contributed by atoms with Gasteiger partial charge >= 0.3 is 5.97 Å². The summed E-state index contributed by atoms with van der Waals surface area (Å²) < 4.78 is 21.5. The summed E-state index contributed by atoms with van der Waals surface area (Å²) in [5, 5.41) is 10.5. The van der Waals surface area contributed by atoms with Gasteiger partial charge in [-0.15, -0.1) is 0 Å². The third-order valence-corrected chi connectivity index (χ3v) is 4.91. The monoisotopic (exact) mass is 403 g/mol. The second kappa shape index (κ2) is 9.58. The SMILES string of the molecule is COC(=O)C[C@H](c1ccccc1OC)c1oc(CN2CCOCC2)cc(=O)c1O. The lowest BCUT2D eigenvalue weighted by Gasteiger charge is -2.26. The van der Waals surface area contributed by atoms with Crippen LogP contribution in [0, 0.1) is 0 Å². The second-order valence-corrected chi connectivity index (χ2v) is 6.75. The third-order valence-electron chi connectivity index (χ3n) is 4.91. The van der Waals surface area contributed by atoms with Gasteiger partial charge in [0.15, 0.2) is 5.76 Å². The third kappa shape index (κ3) is 4.96. The van der Waals surface area contributed by atoms with E-state index in [1.807, 2.05) is 0 Å². The maximum absolute atomic E-state index is 12.4. The zero-order chi connectivity index (χ0) is 20.8. The highest BCUT2D eigenvalue weighted by Crippen LogP contribution is 2.37. The lowest BCUT2D eigenvalue weighted by atomic mass is 9.91. The normalized spacial score (nSPS) is 15.7. The van der Waals surface area contributed by atoms with E-state index in [0.29, 0.717) is 36.8 Å². The van der Waals surface area contributed by atoms with Crippen molar-refractivity contribution in [2.24, 2.45) is 0 Å². The molecule has 1 aromatic carbocycles. The molecule has 8 heteroatoms. The number of morpholine rings is 1. The molecule has 1 aliphatic rings. The Kier molecular flexibility index (Phi) is 6.90. The van der Waals surface area contributed by atoms with Crippen LogP contribution >= 0.6 is 0 Å². The van der Waals surface area contributed by atoms with Gasteiger partial charge in [-0.25, -0.2) is 0 Å². The molecule has 0 unspecified atom stereocenters. The van der Waals surface area contributed by atoms with Gasteiger partial charge in [0.25, 0.3) is 0 Å². The molecule has 0 spiro atoms. The van der Waals surface area contributed by atoms with Gasteiger partial charge in [-0.05, 0) is 6.07 Å². The van der Waals surface area contributed by atoms with Crippen molar-refractivity contribution in [3.63, 3.8) is 0 Å². The molecular formula is C21H25NO7. The number of hydrogen-bond acceptors (Lipinski definition) is 8. The molecular weight excluding hydrogens is 378 g/mol. The van der Waals surface area contributed by atoms with E-state index in [0.717, 1.165) is 13.1 Å². The standard InChI is InChI=1S/C21H25NO7/c1-26-18-6-4-3-5-15(18)16(12-19(24)27-2)21-20(25)17(23)11-14(29-21)13-22-7-9-28-10-8-22/h3-6,11,16,25H,7-10,12-13H2,1-2H3/t16-/m1/s1. The highest BCUT2D eigenvalue weighted by molar-refractivity contribution is 5.71. The maximum atomic E-state index is 12.4. The van der Waals surface area contributed by atoms with Crippen LogP contribution in [0.15, 0.2) is 39.5 Å². The first-order valence-electron chi connectivity index (χ1n) is 9.39. The largest absolute Gasteiger partial charge is 0.502 e. The maximum Gasteiger partial charge on any atom is 0.306 e. The molecule has 0 radical (unpaired) electrons. The van der Waals surface area contributed by atoms with Gasteiger partial charge in [0.1, 0.15) is 11.5 Å². The predicted octanol–water partition coefficient (Wildman–Crippen LogP) is 1.88. The number of aromatic hydroxyl groups is 1. The minimum Gasteiger partial charge on any atom is -0.502 e. The lowest BCUT2D eigenvalue weighted by Crippen LogP contribution is -2.35. The molecule has 0 amide bonds. The number of methoxy groups -OCH3 is 2. The van der Waals surface area contributed by atoms with E-state index in [1.165, 1.54) is 20.3 Å². The Hall–Kier alpha value is -2.84. The number of hydrogen-bond donors (Lipinski definition) is 1. The quantitative estimate of drug-likeness (QED) is 0.700. The van der Waals surface area contributed by atoms with Crippen LogP contribution in [0.5, 0.6) is 11.5 Å². The molecule has 1 atom stereocenters. The Labute approximate surface area is 168 Å². The topological polar surface area (TPSA) is 98.4 Å². The molecule has 2 aromatic rings. The molecule has 156 valence electrons. The number of esters is 1. The predicted molar refractivity (Wildman–Crippen MR) is 104 cm³/mol. The van der Waals surface area contributed by atoms with Crippen molar-refractivity contribution in [2.75, 3.05) is 40.5 Å². The van der Waals surface area contributed by atoms with E-state index in [2.05, 4.69) is 4.90 Å². The molecule has 0 bridgehead atoms. The van der Waals surface area contributed by atoms with Crippen molar-refractivity contribution < 1.29 is 28.5 Å². The molecule has 1 aliphatic heterocycles. The van der Waals surface area contributed by atoms with Crippen LogP contribution in [0.3, 0.4) is 0 Å². The zero-order valence-corrected chi connectivity index (χ0v) is 16.6. The van der Waals surface area contributed by atoms with Crippen LogP contribution in [0.4, 0.5) is 0 Å². The van der Waals surface area contributed by atoms with E-state index in [-0.39, 0.29) is 12.2 Å². The lowest BCUT2D eigenvalue weighted by molar-refractivity contribution is -0.140.